The average molecular weight is 770 g/mol. The highest BCUT2D eigenvalue weighted by atomic mass is 16.8. The van der Waals surface area contributed by atoms with E-state index in [0.717, 1.165) is 0 Å². The number of amides is 2. The number of nitrogens with one attached hydrogen (secondary N) is 1. The first-order valence-corrected chi connectivity index (χ1v) is 18.4. The highest BCUT2D eigenvalue weighted by Crippen LogP contribution is 2.30. The van der Waals surface area contributed by atoms with Gasteiger partial charge in [0, 0.05) is 32.5 Å². The number of ether oxygens (including phenoxy) is 5. The molecule has 0 radical (unpaired) electrons. The fourth-order valence-corrected chi connectivity index (χ4v) is 6.34. The number of nitrogens with zero attached hydrogens (tertiary/aromatic N) is 2. The summed E-state index contributed by atoms with van der Waals surface area (Å²) in [5.74, 6) is -1.99. The van der Waals surface area contributed by atoms with Gasteiger partial charge in [0.15, 0.2) is 6.29 Å². The highest BCUT2D eigenvalue weighted by Gasteiger charge is 2.51. The van der Waals surface area contributed by atoms with E-state index in [1.54, 1.807) is 23.1 Å². The van der Waals surface area contributed by atoms with Crippen molar-refractivity contribution in [3.63, 3.8) is 0 Å². The Labute approximate surface area is 314 Å². The Morgan fingerprint density at radius 3 is 2.35 bits per heavy atom. The van der Waals surface area contributed by atoms with Gasteiger partial charge in [-0.2, -0.15) is 5.06 Å². The van der Waals surface area contributed by atoms with Gasteiger partial charge in [-0.15, -0.1) is 0 Å². The Morgan fingerprint density at radius 1 is 0.944 bits per heavy atom. The quantitative estimate of drug-likeness (QED) is 0.154. The fourth-order valence-electron chi connectivity index (χ4n) is 6.34. The molecule has 6 N–H and O–H groups in total. The number of esters is 2. The van der Waals surface area contributed by atoms with Gasteiger partial charge in [-0.1, -0.05) is 32.0 Å². The van der Waals surface area contributed by atoms with E-state index in [1.165, 1.54) is 31.0 Å². The first-order valence-electron chi connectivity index (χ1n) is 18.4. The molecule has 54 heavy (non-hydrogen) atoms. The van der Waals surface area contributed by atoms with Gasteiger partial charge >= 0.3 is 11.9 Å². The number of aliphatic hydroxyl groups is 5. The van der Waals surface area contributed by atoms with Gasteiger partial charge in [0.2, 0.25) is 18.1 Å². The van der Waals surface area contributed by atoms with Crippen molar-refractivity contribution >= 4 is 23.8 Å². The van der Waals surface area contributed by atoms with Gasteiger partial charge in [-0.3, -0.25) is 19.2 Å². The maximum absolute atomic E-state index is 13.2. The summed E-state index contributed by atoms with van der Waals surface area (Å²) in [5, 5.41) is 58.0. The van der Waals surface area contributed by atoms with E-state index in [9.17, 15) is 44.7 Å². The summed E-state index contributed by atoms with van der Waals surface area (Å²) in [7, 11) is 0. The molecule has 3 aliphatic heterocycles. The lowest BCUT2D eigenvalue weighted by Gasteiger charge is -2.46. The van der Waals surface area contributed by atoms with Crippen LogP contribution in [0.2, 0.25) is 0 Å². The van der Waals surface area contributed by atoms with E-state index in [4.69, 9.17) is 28.5 Å². The highest BCUT2D eigenvalue weighted by molar-refractivity contribution is 5.89. The van der Waals surface area contributed by atoms with Crippen molar-refractivity contribution in [3.05, 3.63) is 35.9 Å². The lowest BCUT2D eigenvalue weighted by Crippen LogP contribution is -2.64. The lowest BCUT2D eigenvalue weighted by molar-refractivity contribution is -0.393. The van der Waals surface area contributed by atoms with Gasteiger partial charge in [-0.05, 0) is 44.7 Å². The Balaban J connectivity index is 1.49. The second-order valence-corrected chi connectivity index (χ2v) is 13.9. The number of hydrogen-bond donors (Lipinski definition) is 6. The molecule has 0 aromatic heterocycles. The average Bonchev–Trinajstić information content (AvgIpc) is 3.16. The van der Waals surface area contributed by atoms with E-state index in [1.807, 2.05) is 13.8 Å². The molecule has 12 atom stereocenters. The van der Waals surface area contributed by atoms with Crippen molar-refractivity contribution in [2.75, 3.05) is 39.3 Å². The van der Waals surface area contributed by atoms with Crippen LogP contribution in [0.1, 0.15) is 63.7 Å². The van der Waals surface area contributed by atoms with Crippen molar-refractivity contribution < 1.29 is 73.2 Å². The first-order chi connectivity index (χ1) is 25.7. The zero-order valence-corrected chi connectivity index (χ0v) is 31.1. The Kier molecular flexibility index (Phi) is 16.5. The van der Waals surface area contributed by atoms with Gasteiger partial charge in [0.05, 0.1) is 18.2 Å². The minimum absolute atomic E-state index is 0.0758. The molecule has 1 aromatic carbocycles. The van der Waals surface area contributed by atoms with Gasteiger partial charge in [0.25, 0.3) is 0 Å². The van der Waals surface area contributed by atoms with Crippen LogP contribution in [-0.4, -0.2) is 166 Å². The number of carbonyl (C=O) groups is 4. The van der Waals surface area contributed by atoms with Crippen molar-refractivity contribution in [3.8, 4) is 0 Å². The molecule has 3 heterocycles. The Bertz CT molecular complexity index is 1370. The van der Waals surface area contributed by atoms with Gasteiger partial charge < -0.3 is 59.4 Å². The summed E-state index contributed by atoms with van der Waals surface area (Å²) in [4.78, 5) is 58.5. The summed E-state index contributed by atoms with van der Waals surface area (Å²) >= 11 is 0. The lowest BCUT2D eigenvalue weighted by atomic mass is 9.97. The van der Waals surface area contributed by atoms with E-state index in [-0.39, 0.29) is 43.6 Å². The smallest absolute Gasteiger partial charge is 0.338 e. The number of rotatable bonds is 10. The van der Waals surface area contributed by atoms with Gasteiger partial charge in [0.1, 0.15) is 62.0 Å². The summed E-state index contributed by atoms with van der Waals surface area (Å²) in [6.45, 7) is 6.47. The van der Waals surface area contributed by atoms with Crippen LogP contribution in [0.15, 0.2) is 30.3 Å². The summed E-state index contributed by atoms with van der Waals surface area (Å²) in [6, 6.07) is 8.03. The second-order valence-electron chi connectivity index (χ2n) is 13.9. The predicted molar refractivity (Wildman–Crippen MR) is 186 cm³/mol. The fraction of sp³-hybridized carbons (Fsp3) is 0.722. The van der Waals surface area contributed by atoms with Crippen LogP contribution in [0, 0.1) is 5.92 Å². The Hall–Kier alpha value is -3.30. The number of aliphatic hydroxyl groups excluding tert-OH is 5. The molecule has 0 unspecified atom stereocenters. The SMILES string of the molecule is CC[C@H](C)C(=O)N1CCCNC(=O)CN(O[C@@H]2O[C@@H](C)[C@H](O)[C@@H](O)[C@H]2O[C@@H]2O[C@H](COC(=O)c3ccccc3)[C@@H](O)[C@H](O)[C@H]2O)CCC[C@@H](OC(C)=O)C1. The molecule has 3 saturated heterocycles. The van der Waals surface area contributed by atoms with Crippen molar-refractivity contribution in [1.82, 2.24) is 15.3 Å². The molecule has 1 aromatic rings. The molecule has 4 rings (SSSR count). The molecule has 18 heteroatoms. The van der Waals surface area contributed by atoms with Crippen LogP contribution in [0.4, 0.5) is 0 Å². The van der Waals surface area contributed by atoms with Crippen LogP contribution < -0.4 is 5.32 Å². The minimum atomic E-state index is -1.87. The second kappa shape index (κ2) is 20.6. The minimum Gasteiger partial charge on any atom is -0.461 e. The van der Waals surface area contributed by atoms with E-state index < -0.39 is 92.0 Å². The molecule has 0 aliphatic carbocycles. The largest absolute Gasteiger partial charge is 0.461 e. The van der Waals surface area contributed by atoms with Gasteiger partial charge in [-0.25, -0.2) is 4.79 Å². The zero-order valence-electron chi connectivity index (χ0n) is 31.1. The van der Waals surface area contributed by atoms with Crippen LogP contribution in [0.3, 0.4) is 0 Å². The van der Waals surface area contributed by atoms with Crippen LogP contribution in [0.5, 0.6) is 0 Å². The summed E-state index contributed by atoms with van der Waals surface area (Å²) in [6.07, 6.45) is -14.8. The molecule has 304 valence electrons. The molecule has 0 spiro atoms. The third-order valence-electron chi connectivity index (χ3n) is 9.67. The normalized spacial score (nSPS) is 34.0. The van der Waals surface area contributed by atoms with Crippen LogP contribution in [0.25, 0.3) is 0 Å². The molecule has 3 aliphatic rings. The maximum atomic E-state index is 13.2. The monoisotopic (exact) mass is 769 g/mol. The molecule has 0 bridgehead atoms. The number of hydroxylamine groups is 2. The zero-order chi connectivity index (χ0) is 39.5. The summed E-state index contributed by atoms with van der Waals surface area (Å²) < 4.78 is 28.3. The molecule has 2 amide bonds. The van der Waals surface area contributed by atoms with Crippen LogP contribution >= 0.6 is 0 Å². The first kappa shape index (κ1) is 43.4. The molecule has 3 fully saturated rings. The number of benzene rings is 1. The van der Waals surface area contributed by atoms with E-state index in [0.29, 0.717) is 32.2 Å². The maximum Gasteiger partial charge on any atom is 0.338 e. The van der Waals surface area contributed by atoms with E-state index in [2.05, 4.69) is 5.32 Å². The molecular formula is C36H55N3O15. The van der Waals surface area contributed by atoms with Crippen molar-refractivity contribution in [2.24, 2.45) is 5.92 Å². The molecular weight excluding hydrogens is 714 g/mol. The summed E-state index contributed by atoms with van der Waals surface area (Å²) in [5.41, 5.74) is 0.230. The van der Waals surface area contributed by atoms with E-state index >= 15 is 0 Å². The number of carbonyl (C=O) groups excluding carboxylic acids is 4. The third kappa shape index (κ3) is 11.8. The third-order valence-corrected chi connectivity index (χ3v) is 9.67. The standard InChI is InChI=1S/C36H55N3O15/c1-5-20(2)33(47)38-15-10-14-37-26(41)18-39(16-9-13-24(17-38)51-22(4)40)54-36-32(30(45)27(42)21(3)50-36)53-35-31(46)29(44)28(43)25(52-35)19-49-34(48)23-11-7-6-8-12-23/h6-8,11-12,20-21,24-25,27-32,35-36,42-46H,5,9-10,13-19H2,1-4H3,(H,37,41)/t20-,21-,24+,25+,27-,28+,29-,30+,31+,32+,35-,36-/m0/s1. The topological polar surface area (TPSA) is 243 Å². The van der Waals surface area contributed by atoms with Crippen molar-refractivity contribution in [1.29, 1.82) is 0 Å². The molecule has 18 nitrogen and oxygen atoms in total. The number of hydrogen-bond acceptors (Lipinski definition) is 16. The van der Waals surface area contributed by atoms with Crippen molar-refractivity contribution in [2.45, 2.75) is 121 Å². The Morgan fingerprint density at radius 2 is 1.67 bits per heavy atom. The predicted octanol–water partition coefficient (Wildman–Crippen LogP) is -1.16. The van der Waals surface area contributed by atoms with Crippen LogP contribution in [-0.2, 0) is 42.9 Å². The molecule has 0 saturated carbocycles.